The number of furan rings is 1. The molecule has 7 nitrogen and oxygen atoms in total. The molecule has 1 aliphatic heterocycles. The number of aromatic amines is 2. The number of H-pyrrole nitrogens is 2. The van der Waals surface area contributed by atoms with Crippen molar-refractivity contribution in [3.8, 4) is 11.6 Å². The first kappa shape index (κ1) is 13.0. The predicted molar refractivity (Wildman–Crippen MR) is 79.0 cm³/mol. The van der Waals surface area contributed by atoms with Gasteiger partial charge in [0.15, 0.2) is 11.6 Å². The van der Waals surface area contributed by atoms with Crippen LogP contribution in [-0.2, 0) is 19.5 Å². The Kier molecular flexibility index (Phi) is 3.12. The zero-order chi connectivity index (χ0) is 14.9. The molecule has 4 heterocycles. The molecule has 0 unspecified atom stereocenters. The molecule has 2 N–H and O–H groups in total. The molecule has 7 heteroatoms. The SMILES string of the molecule is O=c1[nH]c(-c2ccco2)nc2c1CCN(Cc1ncc[nH]1)C2. The molecular weight excluding hydrogens is 282 g/mol. The van der Waals surface area contributed by atoms with Gasteiger partial charge in [0.25, 0.3) is 5.56 Å². The van der Waals surface area contributed by atoms with E-state index in [9.17, 15) is 4.79 Å². The van der Waals surface area contributed by atoms with Gasteiger partial charge >= 0.3 is 0 Å². The van der Waals surface area contributed by atoms with Crippen molar-refractivity contribution in [2.75, 3.05) is 6.54 Å². The molecule has 0 aromatic carbocycles. The summed E-state index contributed by atoms with van der Waals surface area (Å²) in [5.41, 5.74) is 1.51. The zero-order valence-corrected chi connectivity index (χ0v) is 11.9. The lowest BCUT2D eigenvalue weighted by Gasteiger charge is -2.26. The van der Waals surface area contributed by atoms with E-state index in [0.717, 1.165) is 30.2 Å². The second-order valence-corrected chi connectivity index (χ2v) is 5.31. The number of hydrogen-bond acceptors (Lipinski definition) is 5. The second-order valence-electron chi connectivity index (χ2n) is 5.31. The largest absolute Gasteiger partial charge is 0.461 e. The van der Waals surface area contributed by atoms with Crippen molar-refractivity contribution < 1.29 is 4.42 Å². The third-order valence-electron chi connectivity index (χ3n) is 3.84. The predicted octanol–water partition coefficient (Wildman–Crippen LogP) is 1.31. The number of fused-ring (bicyclic) bond motifs is 1. The normalized spacial score (nSPS) is 14.9. The third-order valence-corrected chi connectivity index (χ3v) is 3.84. The van der Waals surface area contributed by atoms with Crippen molar-refractivity contribution in [3.05, 3.63) is 58.2 Å². The summed E-state index contributed by atoms with van der Waals surface area (Å²) in [5, 5.41) is 0. The molecule has 0 aliphatic carbocycles. The molecule has 0 bridgehead atoms. The van der Waals surface area contributed by atoms with Crippen LogP contribution in [0.25, 0.3) is 11.6 Å². The van der Waals surface area contributed by atoms with E-state index < -0.39 is 0 Å². The van der Waals surface area contributed by atoms with Gasteiger partial charge in [-0.15, -0.1) is 0 Å². The van der Waals surface area contributed by atoms with Gasteiger partial charge < -0.3 is 14.4 Å². The Bertz CT molecular complexity index is 820. The van der Waals surface area contributed by atoms with Crippen molar-refractivity contribution in [2.24, 2.45) is 0 Å². The van der Waals surface area contributed by atoms with Crippen LogP contribution in [0.5, 0.6) is 0 Å². The summed E-state index contributed by atoms with van der Waals surface area (Å²) >= 11 is 0. The summed E-state index contributed by atoms with van der Waals surface area (Å²) in [4.78, 5) is 29.2. The first-order chi connectivity index (χ1) is 10.8. The molecule has 112 valence electrons. The van der Waals surface area contributed by atoms with Crippen molar-refractivity contribution in [1.29, 1.82) is 0 Å². The van der Waals surface area contributed by atoms with Crippen LogP contribution in [-0.4, -0.2) is 31.4 Å². The number of imidazole rings is 1. The first-order valence-electron chi connectivity index (χ1n) is 7.16. The van der Waals surface area contributed by atoms with E-state index in [4.69, 9.17) is 4.42 Å². The summed E-state index contributed by atoms with van der Waals surface area (Å²) in [6.07, 6.45) is 5.81. The summed E-state index contributed by atoms with van der Waals surface area (Å²) in [6, 6.07) is 3.56. The number of nitrogens with one attached hydrogen (secondary N) is 2. The van der Waals surface area contributed by atoms with E-state index in [1.165, 1.54) is 0 Å². The van der Waals surface area contributed by atoms with E-state index >= 15 is 0 Å². The molecule has 3 aromatic rings. The van der Waals surface area contributed by atoms with Gasteiger partial charge in [0.05, 0.1) is 18.5 Å². The van der Waals surface area contributed by atoms with E-state index in [2.05, 4.69) is 24.8 Å². The minimum atomic E-state index is -0.0750. The highest BCUT2D eigenvalue weighted by molar-refractivity contribution is 5.46. The minimum Gasteiger partial charge on any atom is -0.461 e. The quantitative estimate of drug-likeness (QED) is 0.760. The molecule has 0 fully saturated rings. The standard InChI is InChI=1S/C15H15N5O2/c21-15-10-3-6-20(9-13-16-4-5-17-13)8-11(10)18-14(19-15)12-2-1-7-22-12/h1-2,4-5,7H,3,6,8-9H2,(H,16,17)(H,18,19,21). The maximum Gasteiger partial charge on any atom is 0.254 e. The van der Waals surface area contributed by atoms with Crippen LogP contribution in [0.2, 0.25) is 0 Å². The summed E-state index contributed by atoms with van der Waals surface area (Å²) in [6.45, 7) is 2.17. The Morgan fingerprint density at radius 1 is 1.41 bits per heavy atom. The van der Waals surface area contributed by atoms with Gasteiger partial charge in [0.1, 0.15) is 5.82 Å². The fourth-order valence-electron chi connectivity index (χ4n) is 2.76. The number of rotatable bonds is 3. The third kappa shape index (κ3) is 2.35. The number of aromatic nitrogens is 4. The lowest BCUT2D eigenvalue weighted by atomic mass is 10.1. The Morgan fingerprint density at radius 2 is 2.36 bits per heavy atom. The van der Waals surface area contributed by atoms with Crippen LogP contribution < -0.4 is 5.56 Å². The lowest BCUT2D eigenvalue weighted by molar-refractivity contribution is 0.235. The van der Waals surface area contributed by atoms with Gasteiger partial charge in [-0.25, -0.2) is 9.97 Å². The number of hydrogen-bond donors (Lipinski definition) is 2. The summed E-state index contributed by atoms with van der Waals surface area (Å²) in [5.74, 6) is 1.97. The van der Waals surface area contributed by atoms with Gasteiger partial charge in [-0.05, 0) is 18.6 Å². The fraction of sp³-hybridized carbons (Fsp3) is 0.267. The Morgan fingerprint density at radius 3 is 3.14 bits per heavy atom. The maximum atomic E-state index is 12.2. The Labute approximate surface area is 126 Å². The van der Waals surface area contributed by atoms with Gasteiger partial charge in [-0.1, -0.05) is 0 Å². The molecule has 0 radical (unpaired) electrons. The topological polar surface area (TPSA) is 90.8 Å². The summed E-state index contributed by atoms with van der Waals surface area (Å²) in [7, 11) is 0. The smallest absolute Gasteiger partial charge is 0.254 e. The highest BCUT2D eigenvalue weighted by Gasteiger charge is 2.22. The molecule has 1 aliphatic rings. The van der Waals surface area contributed by atoms with Crippen molar-refractivity contribution in [2.45, 2.75) is 19.5 Å². The van der Waals surface area contributed by atoms with E-state index in [-0.39, 0.29) is 5.56 Å². The monoisotopic (exact) mass is 297 g/mol. The van der Waals surface area contributed by atoms with Crippen LogP contribution in [0.4, 0.5) is 0 Å². The Balaban J connectivity index is 1.64. The molecule has 0 amide bonds. The van der Waals surface area contributed by atoms with Gasteiger partial charge in [-0.3, -0.25) is 9.69 Å². The van der Waals surface area contributed by atoms with Crippen LogP contribution >= 0.6 is 0 Å². The van der Waals surface area contributed by atoms with Crippen molar-refractivity contribution in [3.63, 3.8) is 0 Å². The molecule has 0 spiro atoms. The second kappa shape index (κ2) is 5.27. The number of nitrogens with zero attached hydrogens (tertiary/aromatic N) is 3. The van der Waals surface area contributed by atoms with Crippen molar-refractivity contribution in [1.82, 2.24) is 24.8 Å². The van der Waals surface area contributed by atoms with Gasteiger partial charge in [-0.2, -0.15) is 0 Å². The van der Waals surface area contributed by atoms with Crippen molar-refractivity contribution >= 4 is 0 Å². The zero-order valence-electron chi connectivity index (χ0n) is 11.9. The van der Waals surface area contributed by atoms with Gasteiger partial charge in [0, 0.05) is 31.0 Å². The summed E-state index contributed by atoms with van der Waals surface area (Å²) < 4.78 is 5.32. The molecule has 0 atom stereocenters. The molecule has 3 aromatic heterocycles. The highest BCUT2D eigenvalue weighted by atomic mass is 16.3. The van der Waals surface area contributed by atoms with E-state index in [1.807, 2.05) is 6.20 Å². The Hall–Kier alpha value is -2.67. The maximum absolute atomic E-state index is 12.2. The molecule has 4 rings (SSSR count). The minimum absolute atomic E-state index is 0.0750. The molecule has 0 saturated carbocycles. The highest BCUT2D eigenvalue weighted by Crippen LogP contribution is 2.19. The van der Waals surface area contributed by atoms with E-state index in [0.29, 0.717) is 24.6 Å². The van der Waals surface area contributed by atoms with E-state index in [1.54, 1.807) is 24.6 Å². The average Bonchev–Trinajstić information content (AvgIpc) is 3.20. The van der Waals surface area contributed by atoms with Crippen LogP contribution in [0.15, 0.2) is 40.0 Å². The molecule has 22 heavy (non-hydrogen) atoms. The van der Waals surface area contributed by atoms with Crippen LogP contribution in [0, 0.1) is 0 Å². The van der Waals surface area contributed by atoms with Gasteiger partial charge in [0.2, 0.25) is 0 Å². The molecular formula is C15H15N5O2. The lowest BCUT2D eigenvalue weighted by Crippen LogP contribution is -2.35. The van der Waals surface area contributed by atoms with Crippen LogP contribution in [0.1, 0.15) is 17.1 Å². The molecule has 0 saturated heterocycles. The fourth-order valence-corrected chi connectivity index (χ4v) is 2.76. The van der Waals surface area contributed by atoms with Crippen LogP contribution in [0.3, 0.4) is 0 Å². The average molecular weight is 297 g/mol. The first-order valence-corrected chi connectivity index (χ1v) is 7.16.